The molecule has 110 valence electrons. The van der Waals surface area contributed by atoms with Crippen molar-refractivity contribution in [2.45, 2.75) is 52.9 Å². The number of carbonyl (C=O) groups is 3. The van der Waals surface area contributed by atoms with Gasteiger partial charge in [-0.05, 0) is 24.7 Å². The first kappa shape index (κ1) is 17.4. The smallest absolute Gasteiger partial charge is 0.321 e. The summed E-state index contributed by atoms with van der Waals surface area (Å²) in [4.78, 5) is 32.9. The number of hydrogen-bond acceptors (Lipinski definition) is 3. The first-order valence-corrected chi connectivity index (χ1v) is 6.50. The van der Waals surface area contributed by atoms with Gasteiger partial charge in [-0.25, -0.2) is 4.79 Å². The van der Waals surface area contributed by atoms with Crippen molar-refractivity contribution in [1.29, 1.82) is 0 Å². The largest absolute Gasteiger partial charge is 0.481 e. The van der Waals surface area contributed by atoms with Crippen LogP contribution in [0.5, 0.6) is 0 Å². The molecule has 0 saturated heterocycles. The summed E-state index contributed by atoms with van der Waals surface area (Å²) in [5.74, 6) is -1.25. The van der Waals surface area contributed by atoms with E-state index in [1.54, 1.807) is 0 Å². The molecule has 3 amide bonds. The van der Waals surface area contributed by atoms with Gasteiger partial charge in [0.15, 0.2) is 0 Å². The third-order valence-corrected chi connectivity index (χ3v) is 2.46. The quantitative estimate of drug-likeness (QED) is 0.617. The number of hydrogen-bond donors (Lipinski definition) is 3. The van der Waals surface area contributed by atoms with Crippen molar-refractivity contribution in [3.63, 3.8) is 0 Å². The van der Waals surface area contributed by atoms with E-state index in [4.69, 9.17) is 5.11 Å². The minimum absolute atomic E-state index is 0.0467. The lowest BCUT2D eigenvalue weighted by Crippen LogP contribution is -2.40. The molecule has 0 atom stereocenters. The topological polar surface area (TPSA) is 95.5 Å². The van der Waals surface area contributed by atoms with E-state index in [0.717, 1.165) is 6.42 Å². The number of unbranched alkanes of at least 4 members (excludes halogenated alkanes) is 1. The van der Waals surface area contributed by atoms with Gasteiger partial charge in [0, 0.05) is 19.4 Å². The minimum atomic E-state index is -0.875. The fourth-order valence-electron chi connectivity index (χ4n) is 1.35. The monoisotopic (exact) mass is 272 g/mol. The summed E-state index contributed by atoms with van der Waals surface area (Å²) in [5.41, 5.74) is 0.133. The number of carboxylic acids is 1. The molecule has 0 aromatic heterocycles. The van der Waals surface area contributed by atoms with Crippen molar-refractivity contribution in [3.8, 4) is 0 Å². The molecule has 0 aromatic carbocycles. The van der Waals surface area contributed by atoms with Crippen LogP contribution in [0.2, 0.25) is 0 Å². The first-order chi connectivity index (χ1) is 8.70. The Morgan fingerprint density at radius 2 is 1.63 bits per heavy atom. The highest BCUT2D eigenvalue weighted by Gasteiger charge is 2.11. The van der Waals surface area contributed by atoms with Gasteiger partial charge in [0.2, 0.25) is 5.91 Å². The summed E-state index contributed by atoms with van der Waals surface area (Å²) in [6.07, 6.45) is 1.94. The van der Waals surface area contributed by atoms with Gasteiger partial charge in [-0.15, -0.1) is 0 Å². The van der Waals surface area contributed by atoms with Crippen molar-refractivity contribution < 1.29 is 19.5 Å². The highest BCUT2D eigenvalue weighted by molar-refractivity contribution is 5.94. The molecule has 0 heterocycles. The molecule has 6 nitrogen and oxygen atoms in total. The van der Waals surface area contributed by atoms with Crippen LogP contribution in [-0.2, 0) is 9.59 Å². The Bertz CT molecular complexity index is 321. The number of aliphatic carboxylic acids is 1. The SMILES string of the molecule is CC(C)(C)CCNC(=O)NC(=O)CCCCC(=O)O. The molecule has 0 fully saturated rings. The maximum Gasteiger partial charge on any atom is 0.321 e. The van der Waals surface area contributed by atoms with E-state index in [0.29, 0.717) is 19.4 Å². The van der Waals surface area contributed by atoms with Gasteiger partial charge >= 0.3 is 12.0 Å². The van der Waals surface area contributed by atoms with Crippen LogP contribution in [0.3, 0.4) is 0 Å². The molecule has 0 aromatic rings. The molecule has 3 N–H and O–H groups in total. The van der Waals surface area contributed by atoms with E-state index < -0.39 is 12.0 Å². The first-order valence-electron chi connectivity index (χ1n) is 6.50. The van der Waals surface area contributed by atoms with Crippen LogP contribution >= 0.6 is 0 Å². The van der Waals surface area contributed by atoms with Crippen LogP contribution in [-0.4, -0.2) is 29.6 Å². The molecule has 19 heavy (non-hydrogen) atoms. The fraction of sp³-hybridized carbons (Fsp3) is 0.769. The summed E-state index contributed by atoms with van der Waals surface area (Å²) in [5, 5.41) is 13.3. The average molecular weight is 272 g/mol. The van der Waals surface area contributed by atoms with E-state index in [1.807, 2.05) is 0 Å². The van der Waals surface area contributed by atoms with Gasteiger partial charge in [0.25, 0.3) is 0 Å². The van der Waals surface area contributed by atoms with E-state index in [9.17, 15) is 14.4 Å². The van der Waals surface area contributed by atoms with Crippen LogP contribution in [0.1, 0.15) is 52.9 Å². The lowest BCUT2D eigenvalue weighted by molar-refractivity contribution is -0.137. The van der Waals surface area contributed by atoms with Crippen molar-refractivity contribution in [3.05, 3.63) is 0 Å². The van der Waals surface area contributed by atoms with Crippen LogP contribution in [0.15, 0.2) is 0 Å². The molecule has 0 saturated carbocycles. The second-order valence-corrected chi connectivity index (χ2v) is 5.72. The van der Waals surface area contributed by atoms with E-state index in [2.05, 4.69) is 31.4 Å². The fourth-order valence-corrected chi connectivity index (χ4v) is 1.35. The van der Waals surface area contributed by atoms with Crippen molar-refractivity contribution in [2.75, 3.05) is 6.54 Å². The lowest BCUT2D eigenvalue weighted by atomic mass is 9.92. The van der Waals surface area contributed by atoms with Crippen LogP contribution in [0, 0.1) is 5.41 Å². The zero-order chi connectivity index (χ0) is 14.9. The number of rotatable bonds is 7. The number of urea groups is 1. The van der Waals surface area contributed by atoms with E-state index in [1.165, 1.54) is 0 Å². The second kappa shape index (κ2) is 8.50. The van der Waals surface area contributed by atoms with Gasteiger partial charge < -0.3 is 10.4 Å². The molecular weight excluding hydrogens is 248 g/mol. The van der Waals surface area contributed by atoms with Crippen molar-refractivity contribution >= 4 is 17.9 Å². The third-order valence-electron chi connectivity index (χ3n) is 2.46. The molecule has 0 spiro atoms. The molecule has 0 bridgehead atoms. The Balaban J connectivity index is 3.64. The van der Waals surface area contributed by atoms with Crippen LogP contribution < -0.4 is 10.6 Å². The zero-order valence-corrected chi connectivity index (χ0v) is 11.9. The Hall–Kier alpha value is -1.59. The Morgan fingerprint density at radius 1 is 1.05 bits per heavy atom. The molecule has 6 heteroatoms. The van der Waals surface area contributed by atoms with E-state index in [-0.39, 0.29) is 24.2 Å². The van der Waals surface area contributed by atoms with Gasteiger partial charge in [-0.3, -0.25) is 14.9 Å². The molecule has 0 aliphatic rings. The molecule has 0 aliphatic heterocycles. The number of amides is 3. The highest BCUT2D eigenvalue weighted by atomic mass is 16.4. The predicted octanol–water partition coefficient (Wildman–Crippen LogP) is 1.89. The zero-order valence-electron chi connectivity index (χ0n) is 11.9. The van der Waals surface area contributed by atoms with E-state index >= 15 is 0 Å². The molecule has 0 aliphatic carbocycles. The minimum Gasteiger partial charge on any atom is -0.481 e. The number of nitrogens with one attached hydrogen (secondary N) is 2. The molecular formula is C13H24N2O4. The standard InChI is InChI=1S/C13H24N2O4/c1-13(2,3)8-9-14-12(19)15-10(16)6-4-5-7-11(17)18/h4-9H2,1-3H3,(H,17,18)(H2,14,15,16,19). The van der Waals surface area contributed by atoms with Gasteiger partial charge in [-0.1, -0.05) is 20.8 Å². The maximum atomic E-state index is 11.3. The number of carbonyl (C=O) groups excluding carboxylic acids is 2. The lowest BCUT2D eigenvalue weighted by Gasteiger charge is -2.17. The average Bonchev–Trinajstić information content (AvgIpc) is 2.22. The summed E-state index contributed by atoms with van der Waals surface area (Å²) >= 11 is 0. The maximum absolute atomic E-state index is 11.3. The Kier molecular flexibility index (Phi) is 7.79. The van der Waals surface area contributed by atoms with Crippen LogP contribution in [0.4, 0.5) is 4.79 Å². The molecule has 0 unspecified atom stereocenters. The van der Waals surface area contributed by atoms with Crippen LogP contribution in [0.25, 0.3) is 0 Å². The molecule has 0 radical (unpaired) electrons. The summed E-state index contributed by atoms with van der Waals surface area (Å²) in [7, 11) is 0. The van der Waals surface area contributed by atoms with Gasteiger partial charge in [0.1, 0.15) is 0 Å². The number of imide groups is 1. The molecule has 0 rings (SSSR count). The van der Waals surface area contributed by atoms with Crippen molar-refractivity contribution in [2.24, 2.45) is 5.41 Å². The van der Waals surface area contributed by atoms with Gasteiger partial charge in [0.05, 0.1) is 0 Å². The van der Waals surface area contributed by atoms with Gasteiger partial charge in [-0.2, -0.15) is 0 Å². The van der Waals surface area contributed by atoms with Crippen molar-refractivity contribution in [1.82, 2.24) is 10.6 Å². The Morgan fingerprint density at radius 3 is 2.16 bits per heavy atom. The normalized spacial score (nSPS) is 10.9. The second-order valence-electron chi connectivity index (χ2n) is 5.72. The Labute approximate surface area is 113 Å². The predicted molar refractivity (Wildman–Crippen MR) is 71.7 cm³/mol. The summed E-state index contributed by atoms with van der Waals surface area (Å²) < 4.78 is 0. The summed E-state index contributed by atoms with van der Waals surface area (Å²) in [6, 6.07) is -0.493. The third kappa shape index (κ3) is 12.7. The summed E-state index contributed by atoms with van der Waals surface area (Å²) in [6.45, 7) is 6.72. The highest BCUT2D eigenvalue weighted by Crippen LogP contribution is 2.16. The number of carboxylic acid groups (broad SMARTS) is 1.